The summed E-state index contributed by atoms with van der Waals surface area (Å²) < 4.78 is 16.2. The van der Waals surface area contributed by atoms with Gasteiger partial charge < -0.3 is 13.9 Å². The Hall–Kier alpha value is -1.31. The highest BCUT2D eigenvalue weighted by molar-refractivity contribution is 14.1. The van der Waals surface area contributed by atoms with Crippen molar-refractivity contribution in [1.29, 1.82) is 0 Å². The Bertz CT molecular complexity index is 499. The van der Waals surface area contributed by atoms with Gasteiger partial charge in [-0.2, -0.15) is 0 Å². The average Bonchev–Trinajstić information content (AvgIpc) is 2.75. The van der Waals surface area contributed by atoms with Crippen molar-refractivity contribution in [3.63, 3.8) is 0 Å². The summed E-state index contributed by atoms with van der Waals surface area (Å²) in [6, 6.07) is 5.40. The number of methoxy groups -OCH3 is 2. The Morgan fingerprint density at radius 2 is 2.00 bits per heavy atom. The fourth-order valence-corrected chi connectivity index (χ4v) is 1.61. The molecule has 1 aromatic heterocycles. The van der Waals surface area contributed by atoms with Crippen LogP contribution in [0.2, 0.25) is 0 Å². The van der Waals surface area contributed by atoms with Crippen molar-refractivity contribution in [2.45, 2.75) is 0 Å². The fourth-order valence-electron chi connectivity index (χ4n) is 1.30. The highest BCUT2D eigenvalue weighted by Crippen LogP contribution is 2.32. The molecule has 6 heteroatoms. The lowest BCUT2D eigenvalue weighted by Crippen LogP contribution is -1.90. The molecule has 0 fully saturated rings. The van der Waals surface area contributed by atoms with Crippen molar-refractivity contribution in [3.8, 4) is 23.0 Å². The third kappa shape index (κ3) is 2.11. The van der Waals surface area contributed by atoms with Gasteiger partial charge in [-0.15, -0.1) is 10.2 Å². The highest BCUT2D eigenvalue weighted by Gasteiger charge is 2.13. The van der Waals surface area contributed by atoms with Gasteiger partial charge in [0.2, 0.25) is 0 Å². The van der Waals surface area contributed by atoms with Gasteiger partial charge in [0.25, 0.3) is 9.79 Å². The standard InChI is InChI=1S/C10H9IN2O3/c1-14-6-3-4-8(15-2)7(5-6)9-12-13-10(11)16-9/h3-5H,1-2H3. The zero-order valence-electron chi connectivity index (χ0n) is 8.73. The van der Waals surface area contributed by atoms with Crippen molar-refractivity contribution >= 4 is 22.6 Å². The maximum atomic E-state index is 5.34. The molecule has 1 aromatic carbocycles. The first-order valence-electron chi connectivity index (χ1n) is 4.46. The first-order chi connectivity index (χ1) is 7.74. The second-order valence-electron chi connectivity index (χ2n) is 2.93. The number of ether oxygens (including phenoxy) is 2. The molecule has 0 N–H and O–H groups in total. The van der Waals surface area contributed by atoms with Gasteiger partial charge in [0.15, 0.2) is 0 Å². The van der Waals surface area contributed by atoms with Crippen molar-refractivity contribution in [2.24, 2.45) is 0 Å². The number of benzene rings is 1. The predicted octanol–water partition coefficient (Wildman–Crippen LogP) is 2.36. The lowest BCUT2D eigenvalue weighted by Gasteiger charge is -2.06. The molecule has 0 unspecified atom stereocenters. The molecule has 0 atom stereocenters. The van der Waals surface area contributed by atoms with Crippen LogP contribution in [0.25, 0.3) is 11.5 Å². The molecule has 0 spiro atoms. The molecule has 0 saturated heterocycles. The van der Waals surface area contributed by atoms with E-state index in [2.05, 4.69) is 10.2 Å². The molecule has 0 amide bonds. The van der Waals surface area contributed by atoms with E-state index < -0.39 is 0 Å². The molecule has 0 aliphatic rings. The van der Waals surface area contributed by atoms with E-state index in [1.54, 1.807) is 26.4 Å². The summed E-state index contributed by atoms with van der Waals surface area (Å²) in [5.41, 5.74) is 0.720. The molecule has 5 nitrogen and oxygen atoms in total. The van der Waals surface area contributed by atoms with Gasteiger partial charge in [0.1, 0.15) is 11.5 Å². The van der Waals surface area contributed by atoms with Crippen molar-refractivity contribution < 1.29 is 13.9 Å². The summed E-state index contributed by atoms with van der Waals surface area (Å²) in [4.78, 5) is 0. The van der Waals surface area contributed by atoms with E-state index in [9.17, 15) is 0 Å². The predicted molar refractivity (Wildman–Crippen MR) is 65.6 cm³/mol. The van der Waals surface area contributed by atoms with E-state index in [1.165, 1.54) is 0 Å². The number of hydrogen-bond donors (Lipinski definition) is 0. The second kappa shape index (κ2) is 4.69. The Kier molecular flexibility index (Phi) is 3.28. The maximum Gasteiger partial charge on any atom is 0.278 e. The molecule has 0 bridgehead atoms. The van der Waals surface area contributed by atoms with Crippen molar-refractivity contribution in [1.82, 2.24) is 10.2 Å². The molecular weight excluding hydrogens is 323 g/mol. The average molecular weight is 332 g/mol. The van der Waals surface area contributed by atoms with E-state index in [0.717, 1.165) is 5.56 Å². The molecule has 2 aromatic rings. The van der Waals surface area contributed by atoms with Crippen LogP contribution in [-0.2, 0) is 0 Å². The van der Waals surface area contributed by atoms with Crippen LogP contribution in [0.3, 0.4) is 0 Å². The van der Waals surface area contributed by atoms with Gasteiger partial charge in [0, 0.05) is 22.6 Å². The van der Waals surface area contributed by atoms with E-state index in [1.807, 2.05) is 28.7 Å². The van der Waals surface area contributed by atoms with Gasteiger partial charge in [-0.25, -0.2) is 0 Å². The van der Waals surface area contributed by atoms with Crippen LogP contribution in [0, 0.1) is 3.90 Å². The maximum absolute atomic E-state index is 5.34. The Labute approximate surface area is 106 Å². The van der Waals surface area contributed by atoms with Crippen LogP contribution < -0.4 is 9.47 Å². The van der Waals surface area contributed by atoms with Gasteiger partial charge in [0.05, 0.1) is 19.8 Å². The van der Waals surface area contributed by atoms with Crippen LogP contribution >= 0.6 is 22.6 Å². The fraction of sp³-hybridized carbons (Fsp3) is 0.200. The van der Waals surface area contributed by atoms with Crippen LogP contribution in [0.1, 0.15) is 0 Å². The number of hydrogen-bond acceptors (Lipinski definition) is 5. The van der Waals surface area contributed by atoms with E-state index in [-0.39, 0.29) is 0 Å². The zero-order valence-corrected chi connectivity index (χ0v) is 10.9. The Morgan fingerprint density at radius 3 is 2.56 bits per heavy atom. The third-order valence-electron chi connectivity index (χ3n) is 2.04. The van der Waals surface area contributed by atoms with Crippen LogP contribution in [0.4, 0.5) is 0 Å². The second-order valence-corrected chi connectivity index (χ2v) is 3.85. The molecular formula is C10H9IN2O3. The largest absolute Gasteiger partial charge is 0.497 e. The third-order valence-corrected chi connectivity index (χ3v) is 2.47. The Balaban J connectivity index is 2.52. The molecule has 0 saturated carbocycles. The Morgan fingerprint density at radius 1 is 1.19 bits per heavy atom. The number of aromatic nitrogens is 2. The quantitative estimate of drug-likeness (QED) is 0.808. The summed E-state index contributed by atoms with van der Waals surface area (Å²) >= 11 is 1.96. The molecule has 16 heavy (non-hydrogen) atoms. The van der Waals surface area contributed by atoms with E-state index >= 15 is 0 Å². The summed E-state index contributed by atoms with van der Waals surface area (Å²) in [6.07, 6.45) is 0. The van der Waals surface area contributed by atoms with Gasteiger partial charge in [-0.05, 0) is 18.2 Å². The lowest BCUT2D eigenvalue weighted by molar-refractivity contribution is 0.402. The summed E-state index contributed by atoms with van der Waals surface area (Å²) in [7, 11) is 3.19. The minimum Gasteiger partial charge on any atom is -0.497 e. The summed E-state index contributed by atoms with van der Waals surface area (Å²) in [5, 5.41) is 7.71. The number of halogens is 1. The topological polar surface area (TPSA) is 57.4 Å². The van der Waals surface area contributed by atoms with Gasteiger partial charge in [-0.1, -0.05) is 0 Å². The lowest BCUT2D eigenvalue weighted by atomic mass is 10.2. The van der Waals surface area contributed by atoms with Crippen LogP contribution in [-0.4, -0.2) is 24.4 Å². The normalized spacial score (nSPS) is 10.2. The molecule has 84 valence electrons. The molecule has 0 aliphatic heterocycles. The molecule has 1 heterocycles. The first-order valence-corrected chi connectivity index (χ1v) is 5.54. The van der Waals surface area contributed by atoms with Crippen LogP contribution in [0.5, 0.6) is 11.5 Å². The zero-order chi connectivity index (χ0) is 11.5. The highest BCUT2D eigenvalue weighted by atomic mass is 127. The first kappa shape index (κ1) is 11.2. The SMILES string of the molecule is COc1ccc(OC)c(-c2nnc(I)o2)c1. The molecule has 0 radical (unpaired) electrons. The van der Waals surface area contributed by atoms with E-state index in [4.69, 9.17) is 13.9 Å². The number of nitrogens with zero attached hydrogens (tertiary/aromatic N) is 2. The van der Waals surface area contributed by atoms with Crippen molar-refractivity contribution in [3.05, 3.63) is 22.1 Å². The van der Waals surface area contributed by atoms with E-state index in [0.29, 0.717) is 21.3 Å². The van der Waals surface area contributed by atoms with Gasteiger partial charge >= 0.3 is 0 Å². The van der Waals surface area contributed by atoms with Crippen LogP contribution in [0.15, 0.2) is 22.6 Å². The van der Waals surface area contributed by atoms with Gasteiger partial charge in [-0.3, -0.25) is 0 Å². The molecule has 2 rings (SSSR count). The monoisotopic (exact) mass is 332 g/mol. The summed E-state index contributed by atoms with van der Waals surface area (Å²) in [5.74, 6) is 1.80. The number of rotatable bonds is 3. The molecule has 0 aliphatic carbocycles. The minimum absolute atomic E-state index is 0.417. The summed E-state index contributed by atoms with van der Waals surface area (Å²) in [6.45, 7) is 0. The smallest absolute Gasteiger partial charge is 0.278 e. The van der Waals surface area contributed by atoms with Crippen molar-refractivity contribution in [2.75, 3.05) is 14.2 Å². The minimum atomic E-state index is 0.417.